The van der Waals surface area contributed by atoms with Crippen LogP contribution in [0.1, 0.15) is 28.8 Å². The number of nitrogens with zero attached hydrogens (tertiary/aromatic N) is 1. The molecule has 0 bridgehead atoms. The van der Waals surface area contributed by atoms with Gasteiger partial charge in [-0.3, -0.25) is 9.59 Å². The largest absolute Gasteiger partial charge is 0.343 e. The Labute approximate surface area is 154 Å². The second-order valence-electron chi connectivity index (χ2n) is 6.03. The summed E-state index contributed by atoms with van der Waals surface area (Å²) in [5.41, 5.74) is 0.977. The Morgan fingerprint density at radius 3 is 2.44 bits per heavy atom. The van der Waals surface area contributed by atoms with E-state index in [0.717, 1.165) is 17.3 Å². The maximum absolute atomic E-state index is 13.9. The van der Waals surface area contributed by atoms with Crippen LogP contribution in [0, 0.1) is 5.82 Å². The van der Waals surface area contributed by atoms with Gasteiger partial charge in [-0.15, -0.1) is 0 Å². The highest BCUT2D eigenvalue weighted by atomic mass is 79.9. The molecule has 0 heterocycles. The normalized spacial score (nSPS) is 13.4. The first kappa shape index (κ1) is 17.6. The van der Waals surface area contributed by atoms with Crippen molar-refractivity contribution in [2.24, 2.45) is 0 Å². The predicted octanol–water partition coefficient (Wildman–Crippen LogP) is 3.51. The third-order valence-corrected chi connectivity index (χ3v) is 4.64. The summed E-state index contributed by atoms with van der Waals surface area (Å²) in [5, 5.41) is 2.64. The van der Waals surface area contributed by atoms with E-state index in [1.165, 1.54) is 6.07 Å². The minimum atomic E-state index is -0.320. The van der Waals surface area contributed by atoms with Gasteiger partial charge in [0.05, 0.1) is 6.54 Å². The molecule has 1 fully saturated rings. The molecule has 4 nitrogen and oxygen atoms in total. The SMILES string of the molecule is O=C(NCC(=O)N(Cc1ccccc1F)C1CC1)c1ccc(Br)cc1. The molecule has 25 heavy (non-hydrogen) atoms. The molecular formula is C19H18BrFN2O2. The molecule has 0 aliphatic heterocycles. The van der Waals surface area contributed by atoms with Crippen LogP contribution in [0.3, 0.4) is 0 Å². The van der Waals surface area contributed by atoms with Crippen molar-refractivity contribution in [3.05, 3.63) is 69.9 Å². The molecule has 130 valence electrons. The van der Waals surface area contributed by atoms with E-state index >= 15 is 0 Å². The molecule has 1 aliphatic carbocycles. The molecule has 0 saturated heterocycles. The Hall–Kier alpha value is -2.21. The van der Waals surface area contributed by atoms with E-state index in [0.29, 0.717) is 11.1 Å². The Balaban J connectivity index is 1.61. The van der Waals surface area contributed by atoms with Gasteiger partial charge in [0.2, 0.25) is 5.91 Å². The summed E-state index contributed by atoms with van der Waals surface area (Å²) in [6.07, 6.45) is 1.84. The van der Waals surface area contributed by atoms with E-state index in [2.05, 4.69) is 21.2 Å². The van der Waals surface area contributed by atoms with E-state index in [1.807, 2.05) is 0 Å². The molecule has 0 unspecified atom stereocenters. The van der Waals surface area contributed by atoms with Gasteiger partial charge < -0.3 is 10.2 Å². The van der Waals surface area contributed by atoms with E-state index in [9.17, 15) is 14.0 Å². The predicted molar refractivity (Wildman–Crippen MR) is 96.4 cm³/mol. The van der Waals surface area contributed by atoms with E-state index in [1.54, 1.807) is 47.4 Å². The molecular weight excluding hydrogens is 387 g/mol. The summed E-state index contributed by atoms with van der Waals surface area (Å²) in [4.78, 5) is 26.3. The molecule has 2 aromatic rings. The van der Waals surface area contributed by atoms with Gasteiger partial charge in [-0.2, -0.15) is 0 Å². The van der Waals surface area contributed by atoms with Crippen molar-refractivity contribution in [1.29, 1.82) is 0 Å². The third-order valence-electron chi connectivity index (χ3n) is 4.11. The standard InChI is InChI=1S/C19H18BrFN2O2/c20-15-7-5-13(6-8-15)19(25)22-11-18(24)23(16-9-10-16)12-14-3-1-2-4-17(14)21/h1-8,16H,9-12H2,(H,22,25). The summed E-state index contributed by atoms with van der Waals surface area (Å²) in [6.45, 7) is 0.129. The number of rotatable bonds is 6. The van der Waals surface area contributed by atoms with Crippen LogP contribution in [-0.2, 0) is 11.3 Å². The van der Waals surface area contributed by atoms with Crippen LogP contribution in [-0.4, -0.2) is 29.3 Å². The number of nitrogens with one attached hydrogen (secondary N) is 1. The van der Waals surface area contributed by atoms with Crippen LogP contribution in [0.5, 0.6) is 0 Å². The van der Waals surface area contributed by atoms with Gasteiger partial charge in [0.1, 0.15) is 5.82 Å². The van der Waals surface area contributed by atoms with Crippen LogP contribution in [0.2, 0.25) is 0 Å². The highest BCUT2D eigenvalue weighted by Gasteiger charge is 2.32. The quantitative estimate of drug-likeness (QED) is 0.800. The lowest BCUT2D eigenvalue weighted by atomic mass is 10.2. The number of carbonyl (C=O) groups excluding carboxylic acids is 2. The zero-order valence-corrected chi connectivity index (χ0v) is 15.1. The second kappa shape index (κ2) is 7.78. The van der Waals surface area contributed by atoms with Crippen molar-refractivity contribution >= 4 is 27.7 Å². The molecule has 0 spiro atoms. The lowest BCUT2D eigenvalue weighted by molar-refractivity contribution is -0.131. The summed E-state index contributed by atoms with van der Waals surface area (Å²) >= 11 is 3.31. The average Bonchev–Trinajstić information content (AvgIpc) is 3.44. The van der Waals surface area contributed by atoms with Crippen molar-refractivity contribution in [2.45, 2.75) is 25.4 Å². The van der Waals surface area contributed by atoms with Gasteiger partial charge in [0.25, 0.3) is 5.91 Å². The first-order valence-electron chi connectivity index (χ1n) is 8.11. The monoisotopic (exact) mass is 404 g/mol. The summed E-state index contributed by atoms with van der Waals surface area (Å²) < 4.78 is 14.7. The second-order valence-corrected chi connectivity index (χ2v) is 6.95. The van der Waals surface area contributed by atoms with Crippen LogP contribution >= 0.6 is 15.9 Å². The molecule has 1 aliphatic rings. The minimum absolute atomic E-state index is 0.0974. The first-order chi connectivity index (χ1) is 12.0. The lowest BCUT2D eigenvalue weighted by Crippen LogP contribution is -2.41. The molecule has 0 aromatic heterocycles. The Morgan fingerprint density at radius 2 is 1.80 bits per heavy atom. The van der Waals surface area contributed by atoms with Gasteiger partial charge in [-0.25, -0.2) is 4.39 Å². The lowest BCUT2D eigenvalue weighted by Gasteiger charge is -2.23. The van der Waals surface area contributed by atoms with Gasteiger partial charge in [-0.05, 0) is 43.2 Å². The van der Waals surface area contributed by atoms with Crippen LogP contribution in [0.15, 0.2) is 53.0 Å². The minimum Gasteiger partial charge on any atom is -0.343 e. The molecule has 3 rings (SSSR count). The first-order valence-corrected chi connectivity index (χ1v) is 8.90. The molecule has 2 aromatic carbocycles. The van der Waals surface area contributed by atoms with Crippen molar-refractivity contribution < 1.29 is 14.0 Å². The van der Waals surface area contributed by atoms with Crippen molar-refractivity contribution in [3.63, 3.8) is 0 Å². The Bertz CT molecular complexity index is 775. The van der Waals surface area contributed by atoms with Crippen LogP contribution in [0.25, 0.3) is 0 Å². The number of hydrogen-bond donors (Lipinski definition) is 1. The number of benzene rings is 2. The van der Waals surface area contributed by atoms with Crippen LogP contribution in [0.4, 0.5) is 4.39 Å². The fourth-order valence-electron chi connectivity index (χ4n) is 2.58. The maximum Gasteiger partial charge on any atom is 0.251 e. The third kappa shape index (κ3) is 4.66. The summed E-state index contributed by atoms with van der Waals surface area (Å²) in [7, 11) is 0. The number of amides is 2. The molecule has 0 atom stereocenters. The number of carbonyl (C=O) groups is 2. The van der Waals surface area contributed by atoms with Gasteiger partial charge >= 0.3 is 0 Å². The summed E-state index contributed by atoms with van der Waals surface area (Å²) in [6, 6.07) is 13.5. The van der Waals surface area contributed by atoms with E-state index in [-0.39, 0.29) is 36.8 Å². The topological polar surface area (TPSA) is 49.4 Å². The van der Waals surface area contributed by atoms with Crippen molar-refractivity contribution in [1.82, 2.24) is 10.2 Å². The number of halogens is 2. The number of hydrogen-bond acceptors (Lipinski definition) is 2. The van der Waals surface area contributed by atoms with Gasteiger partial charge in [-0.1, -0.05) is 34.1 Å². The molecule has 6 heteroatoms. The van der Waals surface area contributed by atoms with Crippen molar-refractivity contribution in [2.75, 3.05) is 6.54 Å². The molecule has 1 N–H and O–H groups in total. The van der Waals surface area contributed by atoms with Gasteiger partial charge in [0, 0.05) is 28.2 Å². The zero-order valence-electron chi connectivity index (χ0n) is 13.5. The van der Waals surface area contributed by atoms with E-state index < -0.39 is 0 Å². The Morgan fingerprint density at radius 1 is 1.12 bits per heavy atom. The average molecular weight is 405 g/mol. The highest BCUT2D eigenvalue weighted by molar-refractivity contribution is 9.10. The smallest absolute Gasteiger partial charge is 0.251 e. The fourth-order valence-corrected chi connectivity index (χ4v) is 2.84. The Kier molecular flexibility index (Phi) is 5.48. The highest BCUT2D eigenvalue weighted by Crippen LogP contribution is 2.28. The molecule has 2 amide bonds. The van der Waals surface area contributed by atoms with E-state index in [4.69, 9.17) is 0 Å². The summed E-state index contributed by atoms with van der Waals surface area (Å²) in [5.74, 6) is -0.821. The van der Waals surface area contributed by atoms with Gasteiger partial charge in [0.15, 0.2) is 0 Å². The molecule has 1 saturated carbocycles. The van der Waals surface area contributed by atoms with Crippen molar-refractivity contribution in [3.8, 4) is 0 Å². The fraction of sp³-hybridized carbons (Fsp3) is 0.263. The maximum atomic E-state index is 13.9. The van der Waals surface area contributed by atoms with Crippen LogP contribution < -0.4 is 5.32 Å². The zero-order chi connectivity index (χ0) is 17.8. The molecule has 0 radical (unpaired) electrons.